The fraction of sp³-hybridized carbons (Fsp3) is 0.444. The van der Waals surface area contributed by atoms with Gasteiger partial charge in [-0.25, -0.2) is 4.79 Å². The van der Waals surface area contributed by atoms with E-state index >= 15 is 0 Å². The Morgan fingerprint density at radius 2 is 1.43 bits per heavy atom. The number of aliphatic carboxylic acids is 1. The maximum atomic E-state index is 13.3. The molecule has 256 valence electrons. The average molecular weight is 659 g/mol. The number of hydrogen-bond acceptors (Lipinski definition) is 8. The molecule has 0 aromatic heterocycles. The average Bonchev–Trinajstić information content (AvgIpc) is 2.97. The second-order valence-electron chi connectivity index (χ2n) is 9.64. The molecule has 1 rings (SSSR count). The molecule has 1 aromatic rings. The number of nitrogen functional groups attached to an aromatic ring is 1. The summed E-state index contributed by atoms with van der Waals surface area (Å²) < 4.78 is 31.7. The Bertz CT molecular complexity index is 1230. The van der Waals surface area contributed by atoms with Gasteiger partial charge in [0, 0.05) is 18.7 Å². The number of rotatable bonds is 18. The van der Waals surface area contributed by atoms with Crippen molar-refractivity contribution in [2.45, 2.75) is 50.4 Å². The molecule has 3 atom stereocenters. The van der Waals surface area contributed by atoms with Gasteiger partial charge >= 0.3 is 12.1 Å². The molecule has 16 nitrogen and oxygen atoms in total. The topological polar surface area (TPSA) is 305 Å². The Kier molecular flexibility index (Phi) is 18.4. The summed E-state index contributed by atoms with van der Waals surface area (Å²) in [6, 6.07) is 4.45. The minimum Gasteiger partial charge on any atom is -0.475 e. The lowest BCUT2D eigenvalue weighted by Crippen LogP contribution is -2.55. The summed E-state index contributed by atoms with van der Waals surface area (Å²) in [4.78, 5) is 60.1. The van der Waals surface area contributed by atoms with Crippen molar-refractivity contribution in [2.24, 2.45) is 28.9 Å². The predicted octanol–water partition coefficient (Wildman–Crippen LogP) is -1.48. The zero-order valence-electron chi connectivity index (χ0n) is 24.9. The van der Waals surface area contributed by atoms with Gasteiger partial charge in [-0.1, -0.05) is 30.3 Å². The molecule has 4 amide bonds. The van der Waals surface area contributed by atoms with Crippen molar-refractivity contribution < 1.29 is 42.3 Å². The summed E-state index contributed by atoms with van der Waals surface area (Å²) in [6.07, 6.45) is -2.46. The number of amides is 4. The van der Waals surface area contributed by atoms with Crippen molar-refractivity contribution in [3.8, 4) is 0 Å². The number of primary amides is 1. The van der Waals surface area contributed by atoms with Crippen LogP contribution in [0.25, 0.3) is 0 Å². The maximum absolute atomic E-state index is 13.3. The van der Waals surface area contributed by atoms with E-state index in [-0.39, 0.29) is 44.1 Å². The van der Waals surface area contributed by atoms with Crippen molar-refractivity contribution >= 4 is 41.4 Å². The largest absolute Gasteiger partial charge is 0.490 e. The van der Waals surface area contributed by atoms with E-state index in [9.17, 15) is 32.3 Å². The Labute approximate surface area is 262 Å². The molecule has 15 N–H and O–H groups in total. The number of carboxylic acid groups (broad SMARTS) is 1. The van der Waals surface area contributed by atoms with Crippen molar-refractivity contribution in [2.75, 3.05) is 19.6 Å². The molecule has 46 heavy (non-hydrogen) atoms. The van der Waals surface area contributed by atoms with Gasteiger partial charge in [0.1, 0.15) is 23.8 Å². The van der Waals surface area contributed by atoms with Crippen molar-refractivity contribution in [1.29, 1.82) is 10.8 Å². The number of hydrogen-bond donors (Lipinski definition) is 11. The summed E-state index contributed by atoms with van der Waals surface area (Å²) in [7, 11) is 0. The summed E-state index contributed by atoms with van der Waals surface area (Å²) in [6.45, 7) is 4.25. The van der Waals surface area contributed by atoms with Crippen LogP contribution in [0, 0.1) is 16.7 Å². The molecule has 0 aliphatic rings. The second-order valence-corrected chi connectivity index (χ2v) is 9.64. The van der Waals surface area contributed by atoms with Crippen LogP contribution in [0.3, 0.4) is 0 Å². The first-order chi connectivity index (χ1) is 21.4. The van der Waals surface area contributed by atoms with Gasteiger partial charge in [0.25, 0.3) is 0 Å². The van der Waals surface area contributed by atoms with E-state index in [2.05, 4.69) is 27.8 Å². The molecule has 0 saturated heterocycles. The highest BCUT2D eigenvalue weighted by atomic mass is 19.4. The molecule has 0 aliphatic heterocycles. The zero-order valence-corrected chi connectivity index (χ0v) is 24.9. The van der Waals surface area contributed by atoms with Crippen LogP contribution in [-0.2, 0) is 30.4 Å². The van der Waals surface area contributed by atoms with Gasteiger partial charge in [-0.2, -0.15) is 13.2 Å². The highest BCUT2D eigenvalue weighted by molar-refractivity contribution is 6.02. The van der Waals surface area contributed by atoms with Crippen LogP contribution >= 0.6 is 0 Å². The number of halogens is 3. The number of carbonyl (C=O) groups is 5. The van der Waals surface area contributed by atoms with E-state index in [1.54, 1.807) is 24.3 Å². The number of benzene rings is 1. The van der Waals surface area contributed by atoms with Crippen molar-refractivity contribution in [3.05, 3.63) is 48.0 Å². The van der Waals surface area contributed by atoms with Gasteiger partial charge in [0.15, 0.2) is 5.96 Å². The lowest BCUT2D eigenvalue weighted by atomic mass is 9.95. The third-order valence-electron chi connectivity index (χ3n) is 5.98. The van der Waals surface area contributed by atoms with E-state index in [4.69, 9.17) is 43.7 Å². The molecule has 0 bridgehead atoms. The minimum absolute atomic E-state index is 0.0191. The number of nitrogens with two attached hydrogens (primary N) is 4. The third kappa shape index (κ3) is 16.6. The summed E-state index contributed by atoms with van der Waals surface area (Å²) >= 11 is 0. The molecular formula is C27H41F3N10O6. The third-order valence-corrected chi connectivity index (χ3v) is 5.98. The molecule has 0 saturated carbocycles. The first-order valence-electron chi connectivity index (χ1n) is 13.7. The van der Waals surface area contributed by atoms with E-state index in [0.717, 1.165) is 0 Å². The van der Waals surface area contributed by atoms with Crippen LogP contribution in [0.2, 0.25) is 0 Å². The number of amidine groups is 1. The Hall–Kier alpha value is -5.20. The van der Waals surface area contributed by atoms with Crippen LogP contribution in [0.4, 0.5) is 13.2 Å². The molecule has 0 spiro atoms. The SMILES string of the molecule is C=CCNC(=O)C(Cc1ccc(C(=N)N)cc1)C(=O)N[C@@H](CCCN)C(=O)N[C@@H](CCCNC(=N)N)C(N)=O.O=C(O)C(F)(F)F. The summed E-state index contributed by atoms with van der Waals surface area (Å²) in [5.74, 6) is -6.93. The van der Waals surface area contributed by atoms with Crippen LogP contribution in [0.5, 0.6) is 0 Å². The maximum Gasteiger partial charge on any atom is 0.490 e. The Morgan fingerprint density at radius 3 is 1.89 bits per heavy atom. The molecule has 0 fully saturated rings. The first-order valence-corrected chi connectivity index (χ1v) is 13.7. The molecule has 0 radical (unpaired) electrons. The van der Waals surface area contributed by atoms with Crippen molar-refractivity contribution in [3.63, 3.8) is 0 Å². The molecule has 19 heteroatoms. The quantitative estimate of drug-likeness (QED) is 0.0286. The van der Waals surface area contributed by atoms with Gasteiger partial charge in [0.2, 0.25) is 23.6 Å². The van der Waals surface area contributed by atoms with E-state index < -0.39 is 53.8 Å². The Balaban J connectivity index is 0.00000258. The van der Waals surface area contributed by atoms with Gasteiger partial charge in [-0.3, -0.25) is 30.0 Å². The van der Waals surface area contributed by atoms with Gasteiger partial charge in [0.05, 0.1) is 0 Å². The van der Waals surface area contributed by atoms with Gasteiger partial charge < -0.3 is 49.3 Å². The van der Waals surface area contributed by atoms with E-state index in [0.29, 0.717) is 30.5 Å². The van der Waals surface area contributed by atoms with E-state index in [1.807, 2.05) is 0 Å². The highest BCUT2D eigenvalue weighted by Gasteiger charge is 2.38. The van der Waals surface area contributed by atoms with Crippen LogP contribution in [0.1, 0.15) is 36.8 Å². The summed E-state index contributed by atoms with van der Waals surface area (Å²) in [5.41, 5.74) is 22.9. The van der Waals surface area contributed by atoms with Gasteiger partial charge in [-0.15, -0.1) is 6.58 Å². The summed E-state index contributed by atoms with van der Waals surface area (Å²) in [5, 5.41) is 32.2. The van der Waals surface area contributed by atoms with Crippen LogP contribution < -0.4 is 44.2 Å². The Morgan fingerprint density at radius 1 is 0.891 bits per heavy atom. The number of nitrogens with one attached hydrogen (secondary N) is 6. The van der Waals surface area contributed by atoms with Gasteiger partial charge in [-0.05, 0) is 44.2 Å². The number of guanidine groups is 1. The predicted molar refractivity (Wildman–Crippen MR) is 162 cm³/mol. The molecule has 1 unspecified atom stereocenters. The number of alkyl halides is 3. The fourth-order valence-corrected chi connectivity index (χ4v) is 3.61. The monoisotopic (exact) mass is 658 g/mol. The fourth-order valence-electron chi connectivity index (χ4n) is 3.61. The molecule has 1 aromatic carbocycles. The lowest BCUT2D eigenvalue weighted by molar-refractivity contribution is -0.192. The number of carboxylic acids is 1. The normalized spacial score (nSPS) is 12.5. The first kappa shape index (κ1) is 40.8. The highest BCUT2D eigenvalue weighted by Crippen LogP contribution is 2.14. The van der Waals surface area contributed by atoms with Crippen LogP contribution in [0.15, 0.2) is 36.9 Å². The number of carbonyl (C=O) groups excluding carboxylic acids is 4. The lowest BCUT2D eigenvalue weighted by Gasteiger charge is -2.24. The standard InChI is InChI=1S/C25H40N10O4.C2HF3O2/c1-2-12-32-22(37)17(14-15-7-9-16(10-8-15)20(27)28)23(38)35-19(5-3-11-26)24(39)34-18(21(29)36)6-4-13-33-25(30)31;3-2(4,5)1(6)7/h2,7-10,17-19H,1,3-6,11-14,26H2,(H3,27,28)(H2,29,36)(H,32,37)(H,34,39)(H,35,38)(H4,30,31,33);(H,6,7)/t17?,18-,19-;/m0./s1. The molecule has 0 heterocycles. The van der Waals surface area contributed by atoms with Crippen LogP contribution in [-0.4, -0.2) is 84.4 Å². The van der Waals surface area contributed by atoms with E-state index in [1.165, 1.54) is 6.08 Å². The smallest absolute Gasteiger partial charge is 0.475 e. The molecule has 0 aliphatic carbocycles. The molecular weight excluding hydrogens is 617 g/mol. The second kappa shape index (κ2) is 20.7. The minimum atomic E-state index is -5.08. The zero-order chi connectivity index (χ0) is 35.4. The van der Waals surface area contributed by atoms with Crippen molar-refractivity contribution in [1.82, 2.24) is 21.3 Å².